The third kappa shape index (κ3) is 4.11. The fourth-order valence-corrected chi connectivity index (χ4v) is 4.18. The van der Waals surface area contributed by atoms with Gasteiger partial charge in [0.2, 0.25) is 10.0 Å². The highest BCUT2D eigenvalue weighted by atomic mass is 32.2. The molecule has 26 heavy (non-hydrogen) atoms. The van der Waals surface area contributed by atoms with Crippen molar-refractivity contribution in [3.05, 3.63) is 58.9 Å². The van der Waals surface area contributed by atoms with E-state index in [1.165, 1.54) is 10.4 Å². The zero-order valence-corrected chi connectivity index (χ0v) is 16.2. The zero-order valence-electron chi connectivity index (χ0n) is 15.3. The summed E-state index contributed by atoms with van der Waals surface area (Å²) in [5.41, 5.74) is 2.12. The van der Waals surface area contributed by atoms with Crippen molar-refractivity contribution in [1.82, 2.24) is 4.31 Å². The predicted molar refractivity (Wildman–Crippen MR) is 100 cm³/mol. The largest absolute Gasteiger partial charge is 0.322 e. The van der Waals surface area contributed by atoms with E-state index in [4.69, 9.17) is 0 Å². The number of sulfonamides is 1. The predicted octanol–water partition coefficient (Wildman–Crippen LogP) is 3.73. The molecular formula is C19H23FN2O3S. The first kappa shape index (κ1) is 20.1. The number of nitrogens with one attached hydrogen (secondary N) is 1. The smallest absolute Gasteiger partial charge is 0.258 e. The molecule has 5 nitrogen and oxygen atoms in total. The van der Waals surface area contributed by atoms with Gasteiger partial charge in [-0.05, 0) is 43.7 Å². The van der Waals surface area contributed by atoms with Crippen LogP contribution in [-0.2, 0) is 10.0 Å². The molecule has 0 aliphatic carbocycles. The van der Waals surface area contributed by atoms with E-state index in [1.807, 2.05) is 26.0 Å². The molecular weight excluding hydrogens is 355 g/mol. The molecule has 2 aromatic carbocycles. The van der Waals surface area contributed by atoms with Crippen molar-refractivity contribution in [3.8, 4) is 0 Å². The number of hydrogen-bond acceptors (Lipinski definition) is 3. The first-order chi connectivity index (χ1) is 12.2. The van der Waals surface area contributed by atoms with Crippen LogP contribution in [0.4, 0.5) is 10.1 Å². The quantitative estimate of drug-likeness (QED) is 0.833. The van der Waals surface area contributed by atoms with Gasteiger partial charge < -0.3 is 5.32 Å². The lowest BCUT2D eigenvalue weighted by Gasteiger charge is -2.19. The van der Waals surface area contributed by atoms with Crippen LogP contribution in [0.3, 0.4) is 0 Å². The monoisotopic (exact) mass is 378 g/mol. The Balaban J connectivity index is 2.39. The molecule has 0 heterocycles. The van der Waals surface area contributed by atoms with Gasteiger partial charge in [-0.2, -0.15) is 4.31 Å². The molecule has 0 aliphatic heterocycles. The molecule has 1 N–H and O–H groups in total. The van der Waals surface area contributed by atoms with Gasteiger partial charge >= 0.3 is 0 Å². The van der Waals surface area contributed by atoms with Crippen LogP contribution in [-0.4, -0.2) is 31.7 Å². The molecule has 0 atom stereocenters. The highest BCUT2D eigenvalue weighted by Crippen LogP contribution is 2.22. The Morgan fingerprint density at radius 2 is 1.73 bits per heavy atom. The second-order valence-electron chi connectivity index (χ2n) is 6.00. The van der Waals surface area contributed by atoms with Gasteiger partial charge in [-0.1, -0.05) is 31.5 Å². The van der Waals surface area contributed by atoms with Gasteiger partial charge in [0, 0.05) is 18.8 Å². The first-order valence-electron chi connectivity index (χ1n) is 8.39. The summed E-state index contributed by atoms with van der Waals surface area (Å²) < 4.78 is 40.6. The fraction of sp³-hybridized carbons (Fsp3) is 0.316. The first-order valence-corrected chi connectivity index (χ1v) is 9.83. The number of aryl methyl sites for hydroxylation is 2. The Labute approximate surface area is 153 Å². The summed E-state index contributed by atoms with van der Waals surface area (Å²) in [7, 11) is -3.77. The maximum Gasteiger partial charge on any atom is 0.258 e. The van der Waals surface area contributed by atoms with E-state index in [0.717, 1.165) is 23.3 Å². The highest BCUT2D eigenvalue weighted by Gasteiger charge is 2.24. The van der Waals surface area contributed by atoms with Gasteiger partial charge in [0.25, 0.3) is 5.91 Å². The highest BCUT2D eigenvalue weighted by molar-refractivity contribution is 7.89. The minimum absolute atomic E-state index is 0.103. The lowest BCUT2D eigenvalue weighted by atomic mass is 10.1. The van der Waals surface area contributed by atoms with Gasteiger partial charge in [-0.3, -0.25) is 4.79 Å². The Morgan fingerprint density at radius 1 is 1.08 bits per heavy atom. The van der Waals surface area contributed by atoms with E-state index in [9.17, 15) is 17.6 Å². The van der Waals surface area contributed by atoms with Crippen molar-refractivity contribution in [2.45, 2.75) is 32.6 Å². The van der Waals surface area contributed by atoms with Crippen LogP contribution in [0.1, 0.15) is 35.3 Å². The third-order valence-corrected chi connectivity index (χ3v) is 6.20. The minimum Gasteiger partial charge on any atom is -0.322 e. The van der Waals surface area contributed by atoms with Gasteiger partial charge in [0.15, 0.2) is 0 Å². The van der Waals surface area contributed by atoms with E-state index < -0.39 is 21.7 Å². The average molecular weight is 378 g/mol. The second-order valence-corrected chi connectivity index (χ2v) is 7.94. The standard InChI is InChI=1S/C19H23FN2O3S/c1-5-22(6-2)26(24,25)15-8-9-17(20)16(12-15)19(23)21-18-10-7-13(3)11-14(18)4/h7-12H,5-6H2,1-4H3,(H,21,23). The lowest BCUT2D eigenvalue weighted by Crippen LogP contribution is -2.31. The minimum atomic E-state index is -3.77. The van der Waals surface area contributed by atoms with Gasteiger partial charge in [-0.15, -0.1) is 0 Å². The number of halogens is 1. The normalized spacial score (nSPS) is 11.6. The zero-order chi connectivity index (χ0) is 19.5. The molecule has 0 radical (unpaired) electrons. The summed E-state index contributed by atoms with van der Waals surface area (Å²) in [4.78, 5) is 12.4. The molecule has 0 aliphatic rings. The summed E-state index contributed by atoms with van der Waals surface area (Å²) in [6.07, 6.45) is 0. The number of rotatable bonds is 6. The molecule has 0 bridgehead atoms. The number of anilines is 1. The molecule has 0 unspecified atom stereocenters. The number of nitrogens with zero attached hydrogens (tertiary/aromatic N) is 1. The van der Waals surface area contributed by atoms with Crippen LogP contribution in [0.5, 0.6) is 0 Å². The van der Waals surface area contributed by atoms with E-state index in [1.54, 1.807) is 19.9 Å². The SMILES string of the molecule is CCN(CC)S(=O)(=O)c1ccc(F)c(C(=O)Nc2ccc(C)cc2C)c1. The van der Waals surface area contributed by atoms with Crippen LogP contribution in [0.15, 0.2) is 41.3 Å². The molecule has 2 rings (SSSR count). The van der Waals surface area contributed by atoms with Gasteiger partial charge in [0.1, 0.15) is 5.82 Å². The molecule has 1 amide bonds. The summed E-state index contributed by atoms with van der Waals surface area (Å²) in [5.74, 6) is -1.46. The molecule has 7 heteroatoms. The molecule has 0 fully saturated rings. The molecule has 0 spiro atoms. The van der Waals surface area contributed by atoms with Crippen molar-refractivity contribution in [2.24, 2.45) is 0 Å². The van der Waals surface area contributed by atoms with Crippen LogP contribution in [0, 0.1) is 19.7 Å². The van der Waals surface area contributed by atoms with Crippen LogP contribution < -0.4 is 5.32 Å². The summed E-state index contributed by atoms with van der Waals surface area (Å²) in [6, 6.07) is 8.73. The van der Waals surface area contributed by atoms with E-state index in [-0.39, 0.29) is 10.5 Å². The van der Waals surface area contributed by atoms with Crippen molar-refractivity contribution < 1.29 is 17.6 Å². The maximum absolute atomic E-state index is 14.2. The Morgan fingerprint density at radius 3 is 2.31 bits per heavy atom. The van der Waals surface area contributed by atoms with Crippen molar-refractivity contribution >= 4 is 21.6 Å². The van der Waals surface area contributed by atoms with Crippen LogP contribution >= 0.6 is 0 Å². The number of carbonyl (C=O) groups is 1. The average Bonchev–Trinajstić information content (AvgIpc) is 2.58. The second kappa shape index (κ2) is 7.97. The van der Waals surface area contributed by atoms with Crippen molar-refractivity contribution in [3.63, 3.8) is 0 Å². The Kier molecular flexibility index (Phi) is 6.15. The number of amides is 1. The molecule has 140 valence electrons. The Bertz CT molecular complexity index is 922. The molecule has 0 saturated carbocycles. The van der Waals surface area contributed by atoms with Crippen molar-refractivity contribution in [2.75, 3.05) is 18.4 Å². The molecule has 2 aromatic rings. The van der Waals surface area contributed by atoms with E-state index in [2.05, 4.69) is 5.32 Å². The number of benzene rings is 2. The van der Waals surface area contributed by atoms with E-state index >= 15 is 0 Å². The third-order valence-electron chi connectivity index (χ3n) is 4.16. The number of carbonyl (C=O) groups excluding carboxylic acids is 1. The van der Waals surface area contributed by atoms with Crippen LogP contribution in [0.2, 0.25) is 0 Å². The maximum atomic E-state index is 14.2. The number of hydrogen-bond donors (Lipinski definition) is 1. The van der Waals surface area contributed by atoms with Crippen LogP contribution in [0.25, 0.3) is 0 Å². The molecule has 0 aromatic heterocycles. The fourth-order valence-electron chi connectivity index (χ4n) is 2.69. The summed E-state index contributed by atoms with van der Waals surface area (Å²) in [6.45, 7) is 7.79. The van der Waals surface area contributed by atoms with Gasteiger partial charge in [-0.25, -0.2) is 12.8 Å². The van der Waals surface area contributed by atoms with E-state index in [0.29, 0.717) is 18.8 Å². The summed E-state index contributed by atoms with van der Waals surface area (Å²) >= 11 is 0. The topological polar surface area (TPSA) is 66.5 Å². The lowest BCUT2D eigenvalue weighted by molar-refractivity contribution is 0.102. The van der Waals surface area contributed by atoms with Crippen molar-refractivity contribution in [1.29, 1.82) is 0 Å². The van der Waals surface area contributed by atoms with Gasteiger partial charge in [0.05, 0.1) is 10.5 Å². The molecule has 0 saturated heterocycles. The summed E-state index contributed by atoms with van der Waals surface area (Å²) in [5, 5.41) is 2.64. The Hall–Kier alpha value is -2.25.